The van der Waals surface area contributed by atoms with Crippen LogP contribution in [0.2, 0.25) is 0 Å². The molecule has 0 spiro atoms. The van der Waals surface area contributed by atoms with Crippen molar-refractivity contribution in [2.45, 2.75) is 25.1 Å². The maximum atomic E-state index is 12.4. The standard InChI is InChI=1S/C15H17F3N2O3/c16-15(17,18)11-3-1-10(2-4-11)14(23)19-9-13(22)20(7-8-21)12-5-6-12/h1-4,12,21H,5-9H2,(H,19,23). The van der Waals surface area contributed by atoms with Crippen LogP contribution in [-0.4, -0.2) is 47.6 Å². The number of halogens is 3. The second-order valence-electron chi connectivity index (χ2n) is 5.30. The molecule has 8 heteroatoms. The van der Waals surface area contributed by atoms with E-state index in [0.29, 0.717) is 0 Å². The molecule has 0 saturated heterocycles. The molecule has 2 rings (SSSR count). The van der Waals surface area contributed by atoms with Crippen LogP contribution in [0.5, 0.6) is 0 Å². The fraction of sp³-hybridized carbons (Fsp3) is 0.467. The Kier molecular flexibility index (Phi) is 5.25. The highest BCUT2D eigenvalue weighted by molar-refractivity contribution is 5.96. The Morgan fingerprint density at radius 3 is 2.30 bits per heavy atom. The van der Waals surface area contributed by atoms with Gasteiger partial charge in [0, 0.05) is 18.2 Å². The Bertz CT molecular complexity index is 568. The van der Waals surface area contributed by atoms with Gasteiger partial charge in [-0.15, -0.1) is 0 Å². The third kappa shape index (κ3) is 4.69. The van der Waals surface area contributed by atoms with Crippen molar-refractivity contribution < 1.29 is 27.9 Å². The monoisotopic (exact) mass is 330 g/mol. The Morgan fingerprint density at radius 2 is 1.83 bits per heavy atom. The van der Waals surface area contributed by atoms with E-state index in [1.165, 1.54) is 4.90 Å². The summed E-state index contributed by atoms with van der Waals surface area (Å²) < 4.78 is 37.3. The molecule has 0 radical (unpaired) electrons. The van der Waals surface area contributed by atoms with Gasteiger partial charge in [0.1, 0.15) is 0 Å². The number of nitrogens with one attached hydrogen (secondary N) is 1. The second kappa shape index (κ2) is 6.99. The molecule has 1 fully saturated rings. The van der Waals surface area contributed by atoms with Crippen molar-refractivity contribution in [1.29, 1.82) is 0 Å². The molecule has 0 unspecified atom stereocenters. The van der Waals surface area contributed by atoms with Gasteiger partial charge in [-0.25, -0.2) is 0 Å². The van der Waals surface area contributed by atoms with Crippen LogP contribution in [0, 0.1) is 0 Å². The van der Waals surface area contributed by atoms with Crippen LogP contribution in [-0.2, 0) is 11.0 Å². The highest BCUT2D eigenvalue weighted by Gasteiger charge is 2.32. The number of aliphatic hydroxyl groups is 1. The molecular formula is C15H17F3N2O3. The van der Waals surface area contributed by atoms with Crippen LogP contribution in [0.4, 0.5) is 13.2 Å². The van der Waals surface area contributed by atoms with E-state index in [0.717, 1.165) is 37.1 Å². The van der Waals surface area contributed by atoms with Gasteiger partial charge >= 0.3 is 6.18 Å². The average Bonchev–Trinajstić information content (AvgIpc) is 3.34. The summed E-state index contributed by atoms with van der Waals surface area (Å²) in [6.07, 6.45) is -2.71. The SMILES string of the molecule is O=C(NCC(=O)N(CCO)C1CC1)c1ccc(C(F)(F)F)cc1. The lowest BCUT2D eigenvalue weighted by atomic mass is 10.1. The summed E-state index contributed by atoms with van der Waals surface area (Å²) in [5.74, 6) is -0.936. The van der Waals surface area contributed by atoms with E-state index in [1.807, 2.05) is 0 Å². The molecule has 5 nitrogen and oxygen atoms in total. The summed E-state index contributed by atoms with van der Waals surface area (Å²) >= 11 is 0. The first-order valence-electron chi connectivity index (χ1n) is 7.18. The number of benzene rings is 1. The highest BCUT2D eigenvalue weighted by atomic mass is 19.4. The average molecular weight is 330 g/mol. The topological polar surface area (TPSA) is 69.6 Å². The normalized spacial score (nSPS) is 14.4. The summed E-state index contributed by atoms with van der Waals surface area (Å²) in [6, 6.07) is 3.87. The Hall–Kier alpha value is -2.09. The fourth-order valence-corrected chi connectivity index (χ4v) is 2.17. The van der Waals surface area contributed by atoms with E-state index in [-0.39, 0.29) is 37.2 Å². The molecule has 1 aromatic rings. The van der Waals surface area contributed by atoms with Gasteiger partial charge < -0.3 is 15.3 Å². The quantitative estimate of drug-likeness (QED) is 0.829. The molecule has 126 valence electrons. The predicted molar refractivity (Wildman–Crippen MR) is 75.6 cm³/mol. The van der Waals surface area contributed by atoms with Gasteiger partial charge in [-0.3, -0.25) is 9.59 Å². The molecule has 1 aromatic carbocycles. The predicted octanol–water partition coefficient (Wildman–Crippen LogP) is 1.42. The largest absolute Gasteiger partial charge is 0.416 e. The minimum Gasteiger partial charge on any atom is -0.395 e. The van der Waals surface area contributed by atoms with E-state index in [1.54, 1.807) is 0 Å². The van der Waals surface area contributed by atoms with Gasteiger partial charge in [0.25, 0.3) is 5.91 Å². The summed E-state index contributed by atoms with van der Waals surface area (Å²) in [5, 5.41) is 11.3. The molecule has 0 bridgehead atoms. The Labute approximate surface area is 131 Å². The molecule has 1 saturated carbocycles. The van der Waals surface area contributed by atoms with Crippen molar-refractivity contribution in [2.75, 3.05) is 19.7 Å². The van der Waals surface area contributed by atoms with E-state index < -0.39 is 17.6 Å². The number of hydrogen-bond acceptors (Lipinski definition) is 3. The minimum absolute atomic E-state index is 0.0472. The van der Waals surface area contributed by atoms with Gasteiger partial charge in [0.05, 0.1) is 18.7 Å². The van der Waals surface area contributed by atoms with Gasteiger partial charge in [-0.05, 0) is 37.1 Å². The number of amides is 2. The summed E-state index contributed by atoms with van der Waals surface area (Å²) in [5.41, 5.74) is -0.793. The molecule has 0 aromatic heterocycles. The Balaban J connectivity index is 1.90. The molecule has 1 aliphatic carbocycles. The van der Waals surface area contributed by atoms with Gasteiger partial charge in [-0.2, -0.15) is 13.2 Å². The summed E-state index contributed by atoms with van der Waals surface area (Å²) in [7, 11) is 0. The maximum absolute atomic E-state index is 12.4. The van der Waals surface area contributed by atoms with Gasteiger partial charge in [0.15, 0.2) is 0 Å². The summed E-state index contributed by atoms with van der Waals surface area (Å²) in [4.78, 5) is 25.4. The first kappa shape index (κ1) is 17.3. The van der Waals surface area contributed by atoms with Crippen LogP contribution in [0.15, 0.2) is 24.3 Å². The zero-order chi connectivity index (χ0) is 17.0. The number of alkyl halides is 3. The van der Waals surface area contributed by atoms with E-state index >= 15 is 0 Å². The maximum Gasteiger partial charge on any atom is 0.416 e. The molecule has 23 heavy (non-hydrogen) atoms. The first-order chi connectivity index (χ1) is 10.8. The number of carbonyl (C=O) groups excluding carboxylic acids is 2. The number of rotatable bonds is 6. The van der Waals surface area contributed by atoms with Crippen molar-refractivity contribution in [3.63, 3.8) is 0 Å². The lowest BCUT2D eigenvalue weighted by Gasteiger charge is -2.21. The number of hydrogen-bond donors (Lipinski definition) is 2. The fourth-order valence-electron chi connectivity index (χ4n) is 2.17. The van der Waals surface area contributed by atoms with Gasteiger partial charge in [-0.1, -0.05) is 0 Å². The van der Waals surface area contributed by atoms with Crippen molar-refractivity contribution in [3.05, 3.63) is 35.4 Å². The summed E-state index contributed by atoms with van der Waals surface area (Å²) in [6.45, 7) is -0.203. The molecule has 2 amide bonds. The van der Waals surface area contributed by atoms with Crippen LogP contribution in [0.3, 0.4) is 0 Å². The zero-order valence-electron chi connectivity index (χ0n) is 12.3. The molecule has 2 N–H and O–H groups in total. The van der Waals surface area contributed by atoms with Gasteiger partial charge in [0.2, 0.25) is 5.91 Å². The smallest absolute Gasteiger partial charge is 0.395 e. The van der Waals surface area contributed by atoms with Crippen molar-refractivity contribution in [3.8, 4) is 0 Å². The molecule has 0 heterocycles. The van der Waals surface area contributed by atoms with Crippen molar-refractivity contribution in [2.24, 2.45) is 0 Å². The van der Waals surface area contributed by atoms with Crippen molar-refractivity contribution >= 4 is 11.8 Å². The van der Waals surface area contributed by atoms with E-state index in [4.69, 9.17) is 5.11 Å². The third-order valence-electron chi connectivity index (χ3n) is 3.52. The van der Waals surface area contributed by atoms with Crippen LogP contribution >= 0.6 is 0 Å². The van der Waals surface area contributed by atoms with E-state index in [9.17, 15) is 22.8 Å². The number of nitrogens with zero attached hydrogens (tertiary/aromatic N) is 1. The van der Waals surface area contributed by atoms with Crippen LogP contribution < -0.4 is 5.32 Å². The number of carbonyl (C=O) groups is 2. The molecule has 1 aliphatic rings. The zero-order valence-corrected chi connectivity index (χ0v) is 12.3. The molecular weight excluding hydrogens is 313 g/mol. The van der Waals surface area contributed by atoms with Crippen LogP contribution in [0.1, 0.15) is 28.8 Å². The molecule has 0 aliphatic heterocycles. The minimum atomic E-state index is -4.46. The second-order valence-corrected chi connectivity index (χ2v) is 5.30. The lowest BCUT2D eigenvalue weighted by Crippen LogP contribution is -2.42. The Morgan fingerprint density at radius 1 is 1.22 bits per heavy atom. The first-order valence-corrected chi connectivity index (χ1v) is 7.18. The third-order valence-corrected chi connectivity index (χ3v) is 3.52. The lowest BCUT2D eigenvalue weighted by molar-refractivity contribution is -0.137. The van der Waals surface area contributed by atoms with Crippen molar-refractivity contribution in [1.82, 2.24) is 10.2 Å². The molecule has 0 atom stereocenters. The number of aliphatic hydroxyl groups excluding tert-OH is 1. The van der Waals surface area contributed by atoms with E-state index in [2.05, 4.69) is 5.32 Å². The van der Waals surface area contributed by atoms with Crippen LogP contribution in [0.25, 0.3) is 0 Å². The highest BCUT2D eigenvalue weighted by Crippen LogP contribution is 2.29.